The summed E-state index contributed by atoms with van der Waals surface area (Å²) in [6, 6.07) is 3.88. The molecule has 3 rings (SSSR count). The highest BCUT2D eigenvalue weighted by Gasteiger charge is 2.36. The number of hydrogen-bond donors (Lipinski definition) is 0. The number of nitriles is 1. The number of ether oxygens (including phenoxy) is 1. The number of thiophene rings is 1. The molecule has 0 spiro atoms. The predicted molar refractivity (Wildman–Crippen MR) is 69.4 cm³/mol. The molecule has 0 amide bonds. The van der Waals surface area contributed by atoms with Crippen molar-refractivity contribution in [1.82, 2.24) is 10.1 Å². The third-order valence-electron chi connectivity index (χ3n) is 3.07. The van der Waals surface area contributed by atoms with Gasteiger partial charge in [-0.1, -0.05) is 5.16 Å². The van der Waals surface area contributed by atoms with Crippen molar-refractivity contribution in [3.05, 3.63) is 22.8 Å². The van der Waals surface area contributed by atoms with Crippen molar-refractivity contribution in [1.29, 1.82) is 5.26 Å². The van der Waals surface area contributed by atoms with Gasteiger partial charge in [0.05, 0.1) is 5.56 Å². The molecule has 1 fully saturated rings. The average molecular weight is 275 g/mol. The summed E-state index contributed by atoms with van der Waals surface area (Å²) >= 11 is 1.43. The molecule has 6 heteroatoms. The molecule has 0 saturated heterocycles. The van der Waals surface area contributed by atoms with Gasteiger partial charge in [0, 0.05) is 6.61 Å². The van der Waals surface area contributed by atoms with Crippen LogP contribution in [0.15, 0.2) is 16.0 Å². The van der Waals surface area contributed by atoms with Crippen LogP contribution < -0.4 is 0 Å². The molecule has 98 valence electrons. The molecule has 1 unspecified atom stereocenters. The van der Waals surface area contributed by atoms with Gasteiger partial charge in [-0.2, -0.15) is 10.2 Å². The molecule has 0 radical (unpaired) electrons. The topological polar surface area (TPSA) is 71.9 Å². The maximum atomic E-state index is 9.01. The Morgan fingerprint density at radius 1 is 1.63 bits per heavy atom. The molecule has 19 heavy (non-hydrogen) atoms. The number of hydrogen-bond acceptors (Lipinski definition) is 6. The first kappa shape index (κ1) is 12.3. The van der Waals surface area contributed by atoms with Crippen molar-refractivity contribution in [2.24, 2.45) is 5.92 Å². The summed E-state index contributed by atoms with van der Waals surface area (Å²) in [5, 5.41) is 14.9. The van der Waals surface area contributed by atoms with Gasteiger partial charge < -0.3 is 9.26 Å². The molecule has 0 bridgehead atoms. The Labute approximate surface area is 114 Å². The first-order valence-corrected chi connectivity index (χ1v) is 7.14. The first-order chi connectivity index (χ1) is 9.33. The van der Waals surface area contributed by atoms with E-state index in [2.05, 4.69) is 16.2 Å². The van der Waals surface area contributed by atoms with Crippen LogP contribution in [0.25, 0.3) is 10.8 Å². The lowest BCUT2D eigenvalue weighted by Gasteiger charge is -2.10. The molecule has 0 aliphatic heterocycles. The zero-order valence-electron chi connectivity index (χ0n) is 10.5. The van der Waals surface area contributed by atoms with E-state index in [-0.39, 0.29) is 6.10 Å². The predicted octanol–water partition coefficient (Wildman–Crippen LogP) is 3.16. The monoisotopic (exact) mass is 275 g/mol. The van der Waals surface area contributed by atoms with Gasteiger partial charge in [-0.25, -0.2) is 0 Å². The van der Waals surface area contributed by atoms with Crippen LogP contribution in [0, 0.1) is 17.2 Å². The van der Waals surface area contributed by atoms with Crippen LogP contribution in [0.4, 0.5) is 0 Å². The fourth-order valence-corrected chi connectivity index (χ4v) is 2.77. The van der Waals surface area contributed by atoms with Gasteiger partial charge in [-0.3, -0.25) is 0 Å². The summed E-state index contributed by atoms with van der Waals surface area (Å²) in [4.78, 5) is 5.13. The molecule has 2 aromatic rings. The Balaban J connectivity index is 1.88. The third kappa shape index (κ3) is 2.39. The lowest BCUT2D eigenvalue weighted by atomic mass is 10.2. The van der Waals surface area contributed by atoms with Gasteiger partial charge in [0.15, 0.2) is 0 Å². The maximum Gasteiger partial charge on any atom is 0.269 e. The molecular formula is C13H13N3O2S. The lowest BCUT2D eigenvalue weighted by molar-refractivity contribution is 0.0385. The van der Waals surface area contributed by atoms with Crippen molar-refractivity contribution < 1.29 is 9.26 Å². The van der Waals surface area contributed by atoms with Crippen molar-refractivity contribution in [2.45, 2.75) is 25.9 Å². The Hall–Kier alpha value is -1.71. The van der Waals surface area contributed by atoms with Gasteiger partial charge in [0.1, 0.15) is 17.1 Å². The molecule has 5 nitrogen and oxygen atoms in total. The van der Waals surface area contributed by atoms with Crippen molar-refractivity contribution in [3.63, 3.8) is 0 Å². The molecule has 2 heterocycles. The molecule has 1 saturated carbocycles. The summed E-state index contributed by atoms with van der Waals surface area (Å²) < 4.78 is 11.0. The summed E-state index contributed by atoms with van der Waals surface area (Å²) in [6.45, 7) is 2.59. The Morgan fingerprint density at radius 2 is 2.47 bits per heavy atom. The zero-order chi connectivity index (χ0) is 13.2. The Bertz CT molecular complexity index is 609. The number of aromatic nitrogens is 2. The second kappa shape index (κ2) is 5.11. The molecule has 1 atom stereocenters. The highest BCUT2D eigenvalue weighted by molar-refractivity contribution is 7.13. The summed E-state index contributed by atoms with van der Waals surface area (Å²) in [5.74, 6) is 1.51. The molecule has 1 aliphatic rings. The van der Waals surface area contributed by atoms with Gasteiger partial charge in [-0.15, -0.1) is 11.3 Å². The van der Waals surface area contributed by atoms with Gasteiger partial charge >= 0.3 is 0 Å². The van der Waals surface area contributed by atoms with Gasteiger partial charge in [0.2, 0.25) is 5.82 Å². The van der Waals surface area contributed by atoms with E-state index in [1.54, 1.807) is 6.07 Å². The van der Waals surface area contributed by atoms with Crippen molar-refractivity contribution >= 4 is 11.3 Å². The van der Waals surface area contributed by atoms with Gasteiger partial charge in [-0.05, 0) is 37.1 Å². The highest BCUT2D eigenvalue weighted by atomic mass is 32.1. The van der Waals surface area contributed by atoms with Crippen molar-refractivity contribution in [2.75, 3.05) is 6.61 Å². The van der Waals surface area contributed by atoms with Crippen LogP contribution in [0.3, 0.4) is 0 Å². The van der Waals surface area contributed by atoms with E-state index in [1.165, 1.54) is 11.3 Å². The standard InChI is InChI=1S/C13H13N3O2S/c1-2-17-10(8-3-4-8)12-15-13(18-16-12)11-9(7-14)5-6-19-11/h5-6,8,10H,2-4H2,1H3. The minimum atomic E-state index is -0.0759. The maximum absolute atomic E-state index is 9.01. The summed E-state index contributed by atoms with van der Waals surface area (Å²) in [5.41, 5.74) is 0.569. The van der Waals surface area contributed by atoms with Crippen LogP contribution in [0.2, 0.25) is 0 Å². The molecule has 0 N–H and O–H groups in total. The Kier molecular flexibility index (Phi) is 3.32. The van der Waals surface area contributed by atoms with E-state index in [1.807, 2.05) is 12.3 Å². The normalized spacial score (nSPS) is 16.2. The van der Waals surface area contributed by atoms with E-state index >= 15 is 0 Å². The quantitative estimate of drug-likeness (QED) is 0.838. The fourth-order valence-electron chi connectivity index (χ4n) is 2.01. The second-order valence-electron chi connectivity index (χ2n) is 4.45. The lowest BCUT2D eigenvalue weighted by Crippen LogP contribution is -2.08. The second-order valence-corrected chi connectivity index (χ2v) is 5.36. The van der Waals surface area contributed by atoms with E-state index in [0.717, 1.165) is 17.7 Å². The number of nitrogens with zero attached hydrogens (tertiary/aromatic N) is 3. The molecule has 2 aromatic heterocycles. The van der Waals surface area contributed by atoms with Gasteiger partial charge in [0.25, 0.3) is 5.89 Å². The minimum absolute atomic E-state index is 0.0759. The van der Waals surface area contributed by atoms with Crippen LogP contribution >= 0.6 is 11.3 Å². The van der Waals surface area contributed by atoms with Crippen LogP contribution in [0.5, 0.6) is 0 Å². The Morgan fingerprint density at radius 3 is 3.16 bits per heavy atom. The van der Waals surface area contributed by atoms with E-state index < -0.39 is 0 Å². The van der Waals surface area contributed by atoms with Crippen LogP contribution in [-0.2, 0) is 4.74 Å². The average Bonchev–Trinajstić information content (AvgIpc) is 2.96. The van der Waals surface area contributed by atoms with Crippen LogP contribution in [0.1, 0.15) is 37.3 Å². The highest BCUT2D eigenvalue weighted by Crippen LogP contribution is 2.42. The van der Waals surface area contributed by atoms with Crippen molar-refractivity contribution in [3.8, 4) is 16.8 Å². The SMILES string of the molecule is CCOC(c1noc(-c2sccc2C#N)n1)C1CC1. The van der Waals surface area contributed by atoms with E-state index in [4.69, 9.17) is 14.5 Å². The zero-order valence-corrected chi connectivity index (χ0v) is 11.3. The van der Waals surface area contributed by atoms with E-state index in [0.29, 0.717) is 29.8 Å². The molecular weight excluding hydrogens is 262 g/mol. The fraction of sp³-hybridized carbons (Fsp3) is 0.462. The minimum Gasteiger partial charge on any atom is -0.370 e. The smallest absolute Gasteiger partial charge is 0.269 e. The van der Waals surface area contributed by atoms with E-state index in [9.17, 15) is 0 Å². The first-order valence-electron chi connectivity index (χ1n) is 6.26. The molecule has 0 aromatic carbocycles. The van der Waals surface area contributed by atoms with Crippen LogP contribution in [-0.4, -0.2) is 16.7 Å². The molecule has 1 aliphatic carbocycles. The summed E-state index contributed by atoms with van der Waals surface area (Å²) in [7, 11) is 0. The summed E-state index contributed by atoms with van der Waals surface area (Å²) in [6.07, 6.45) is 2.22. The largest absolute Gasteiger partial charge is 0.370 e. The third-order valence-corrected chi connectivity index (χ3v) is 3.97. The number of rotatable bonds is 5.